The Hall–Kier alpha value is -4.63. The molecule has 0 atom stereocenters. The minimum atomic E-state index is 0. The smallest absolute Gasteiger partial charge is 0.0944 e. The molecule has 0 spiro atoms. The van der Waals surface area contributed by atoms with E-state index in [1.54, 1.807) is 6.20 Å². The molecule has 0 fully saturated rings. The van der Waals surface area contributed by atoms with Crippen molar-refractivity contribution in [1.82, 2.24) is 9.97 Å². The topological polar surface area (TPSA) is 38.9 Å². The molecule has 0 aliphatic carbocycles. The largest absolute Gasteiger partial charge is 0.499 e. The van der Waals surface area contributed by atoms with Crippen LogP contribution in [0.2, 0.25) is 0 Å². The number of benzene rings is 4. The van der Waals surface area contributed by atoms with E-state index in [2.05, 4.69) is 106 Å². The molecule has 0 saturated heterocycles. The van der Waals surface area contributed by atoms with Gasteiger partial charge in [-0.15, -0.1) is 48.0 Å². The molecule has 0 aliphatic rings. The molecule has 0 amide bonds. The minimum absolute atomic E-state index is 0. The summed E-state index contributed by atoms with van der Waals surface area (Å²) in [6.07, 6.45) is 3.69. The van der Waals surface area contributed by atoms with Gasteiger partial charge in [0.15, 0.2) is 0 Å². The molecular formula is C43H38IrN2O-2. The second-order valence-corrected chi connectivity index (χ2v) is 12.1. The van der Waals surface area contributed by atoms with E-state index < -0.39 is 0 Å². The standard InChI is InChI=1S/C32H30NO.C11H8N.Ir/c1-20(2)23-11-13-24(14-12-23)29-18-27(30-19-26(21(3)4)15-16-33-30)17-28-22(5)31(34-32(28)29)25-9-7-6-8-10-25;1-2-6-10(7-3-1)11-8-4-5-9-12-11;/h6-16,18-21H,1-5H3;1-6,8-9H;/q2*-1;. The first-order chi connectivity index (χ1) is 22.4. The minimum Gasteiger partial charge on any atom is -0.499 e. The summed E-state index contributed by atoms with van der Waals surface area (Å²) in [4.78, 5) is 8.92. The zero-order chi connectivity index (χ0) is 32.0. The fourth-order valence-corrected chi connectivity index (χ4v) is 5.53. The number of pyridine rings is 2. The molecule has 0 aliphatic heterocycles. The quantitative estimate of drug-likeness (QED) is 0.158. The SMILES string of the molecule is Cc1c(-c2ccccc2)oc2c(-c3ccc(C(C)C)cc3)cc(-c3cc(C(C)C)ccn3)[c-]c12.[Ir].[c-]1ccccc1-c1ccccn1. The van der Waals surface area contributed by atoms with Crippen LogP contribution in [0, 0.1) is 19.1 Å². The molecule has 7 aromatic rings. The Morgan fingerprint density at radius 1 is 0.617 bits per heavy atom. The molecule has 0 bridgehead atoms. The summed E-state index contributed by atoms with van der Waals surface area (Å²) < 4.78 is 6.55. The molecule has 4 heteroatoms. The van der Waals surface area contributed by atoms with Gasteiger partial charge in [0.1, 0.15) is 0 Å². The van der Waals surface area contributed by atoms with Crippen LogP contribution in [0.4, 0.5) is 0 Å². The van der Waals surface area contributed by atoms with Crippen molar-refractivity contribution in [2.75, 3.05) is 0 Å². The Balaban J connectivity index is 0.000000280. The second kappa shape index (κ2) is 15.3. The summed E-state index contributed by atoms with van der Waals surface area (Å²) in [6, 6.07) is 46.1. The summed E-state index contributed by atoms with van der Waals surface area (Å²) in [6.45, 7) is 11.0. The fraction of sp³-hybridized carbons (Fsp3) is 0.163. The van der Waals surface area contributed by atoms with E-state index in [4.69, 9.17) is 9.40 Å². The Labute approximate surface area is 292 Å². The third-order valence-corrected chi connectivity index (χ3v) is 8.24. The van der Waals surface area contributed by atoms with Crippen molar-refractivity contribution in [3.63, 3.8) is 0 Å². The van der Waals surface area contributed by atoms with Gasteiger partial charge < -0.3 is 9.40 Å². The molecule has 7 rings (SSSR count). The van der Waals surface area contributed by atoms with Gasteiger partial charge in [0.05, 0.1) is 11.3 Å². The number of hydrogen-bond acceptors (Lipinski definition) is 3. The number of fused-ring (bicyclic) bond motifs is 1. The van der Waals surface area contributed by atoms with Gasteiger partial charge >= 0.3 is 0 Å². The number of hydrogen-bond donors (Lipinski definition) is 0. The monoisotopic (exact) mass is 791 g/mol. The second-order valence-electron chi connectivity index (χ2n) is 12.1. The van der Waals surface area contributed by atoms with Gasteiger partial charge in [0.2, 0.25) is 0 Å². The van der Waals surface area contributed by atoms with Crippen LogP contribution < -0.4 is 0 Å². The zero-order valence-corrected chi connectivity index (χ0v) is 29.8. The van der Waals surface area contributed by atoms with Gasteiger partial charge in [-0.2, -0.15) is 0 Å². The Bertz CT molecular complexity index is 1990. The van der Waals surface area contributed by atoms with Crippen LogP contribution in [0.5, 0.6) is 0 Å². The summed E-state index contributed by atoms with van der Waals surface area (Å²) >= 11 is 0. The van der Waals surface area contributed by atoms with Crippen LogP contribution in [0.1, 0.15) is 56.2 Å². The van der Waals surface area contributed by atoms with E-state index in [-0.39, 0.29) is 20.1 Å². The predicted octanol–water partition coefficient (Wildman–Crippen LogP) is 11.7. The summed E-state index contributed by atoms with van der Waals surface area (Å²) in [7, 11) is 0. The van der Waals surface area contributed by atoms with Crippen molar-refractivity contribution < 1.29 is 24.5 Å². The van der Waals surface area contributed by atoms with Crippen molar-refractivity contribution in [2.45, 2.75) is 46.5 Å². The summed E-state index contributed by atoms with van der Waals surface area (Å²) in [5, 5.41) is 1.01. The van der Waals surface area contributed by atoms with Gasteiger partial charge in [-0.3, -0.25) is 4.98 Å². The van der Waals surface area contributed by atoms with Gasteiger partial charge in [0, 0.05) is 43.8 Å². The molecule has 3 heterocycles. The first-order valence-corrected chi connectivity index (χ1v) is 15.9. The predicted molar refractivity (Wildman–Crippen MR) is 191 cm³/mol. The molecule has 4 aromatic carbocycles. The molecule has 3 nitrogen and oxygen atoms in total. The Morgan fingerprint density at radius 3 is 1.98 bits per heavy atom. The van der Waals surface area contributed by atoms with Crippen LogP contribution in [0.15, 0.2) is 132 Å². The first kappa shape index (κ1) is 33.7. The van der Waals surface area contributed by atoms with Crippen LogP contribution in [-0.2, 0) is 20.1 Å². The molecule has 0 N–H and O–H groups in total. The molecular weight excluding hydrogens is 753 g/mol. The maximum Gasteiger partial charge on any atom is 0.0944 e. The average molecular weight is 791 g/mol. The van der Waals surface area contributed by atoms with E-state index in [0.29, 0.717) is 11.8 Å². The normalized spacial score (nSPS) is 10.9. The third kappa shape index (κ3) is 7.68. The number of nitrogens with zero attached hydrogens (tertiary/aromatic N) is 2. The third-order valence-electron chi connectivity index (χ3n) is 8.24. The van der Waals surface area contributed by atoms with Crippen LogP contribution in [0.25, 0.3) is 55.9 Å². The molecule has 0 saturated carbocycles. The number of aromatic nitrogens is 2. The molecule has 47 heavy (non-hydrogen) atoms. The van der Waals surface area contributed by atoms with E-state index >= 15 is 0 Å². The fourth-order valence-electron chi connectivity index (χ4n) is 5.53. The van der Waals surface area contributed by atoms with Crippen LogP contribution in [-0.4, -0.2) is 9.97 Å². The van der Waals surface area contributed by atoms with E-state index in [9.17, 15) is 0 Å². The summed E-state index contributed by atoms with van der Waals surface area (Å²) in [5.41, 5.74) is 11.8. The zero-order valence-electron chi connectivity index (χ0n) is 27.4. The van der Waals surface area contributed by atoms with Crippen molar-refractivity contribution >= 4 is 11.0 Å². The van der Waals surface area contributed by atoms with E-state index in [1.165, 1.54) is 11.1 Å². The van der Waals surface area contributed by atoms with E-state index in [0.717, 1.165) is 61.5 Å². The number of rotatable bonds is 6. The first-order valence-electron chi connectivity index (χ1n) is 15.9. The van der Waals surface area contributed by atoms with Crippen molar-refractivity contribution in [1.29, 1.82) is 0 Å². The van der Waals surface area contributed by atoms with Crippen LogP contribution >= 0.6 is 0 Å². The Kier molecular flexibility index (Phi) is 11.0. The molecule has 3 aromatic heterocycles. The maximum absolute atomic E-state index is 6.55. The summed E-state index contributed by atoms with van der Waals surface area (Å²) in [5.74, 6) is 1.83. The van der Waals surface area contributed by atoms with Crippen molar-refractivity contribution in [2.24, 2.45) is 0 Å². The number of furan rings is 1. The van der Waals surface area contributed by atoms with E-state index in [1.807, 2.05) is 66.9 Å². The van der Waals surface area contributed by atoms with Crippen LogP contribution in [0.3, 0.4) is 0 Å². The Morgan fingerprint density at radius 2 is 1.32 bits per heavy atom. The molecule has 1 radical (unpaired) electrons. The number of aryl methyl sites for hydroxylation is 1. The van der Waals surface area contributed by atoms with Crippen molar-refractivity contribution in [3.05, 3.63) is 156 Å². The van der Waals surface area contributed by atoms with Gasteiger partial charge in [-0.1, -0.05) is 124 Å². The van der Waals surface area contributed by atoms with Gasteiger partial charge in [-0.25, -0.2) is 0 Å². The molecule has 0 unspecified atom stereocenters. The van der Waals surface area contributed by atoms with Gasteiger partial charge in [-0.05, 0) is 51.9 Å². The van der Waals surface area contributed by atoms with Crippen molar-refractivity contribution in [3.8, 4) is 45.0 Å². The molecule has 237 valence electrons. The van der Waals surface area contributed by atoms with Gasteiger partial charge in [0.25, 0.3) is 0 Å². The maximum atomic E-state index is 6.55. The average Bonchev–Trinajstić information content (AvgIpc) is 3.45.